The van der Waals surface area contributed by atoms with Gasteiger partial charge in [-0.3, -0.25) is 14.6 Å². The third kappa shape index (κ3) is 5.94. The number of piperazine rings is 1. The van der Waals surface area contributed by atoms with E-state index >= 15 is 0 Å². The molecule has 1 fully saturated rings. The topological polar surface area (TPSA) is 132 Å². The Morgan fingerprint density at radius 3 is 2.38 bits per heavy atom. The first kappa shape index (κ1) is 19.6. The Morgan fingerprint density at radius 1 is 1.08 bits per heavy atom. The van der Waals surface area contributed by atoms with E-state index in [0.29, 0.717) is 26.0 Å². The number of nitrogens with one attached hydrogen (secondary N) is 2. The summed E-state index contributed by atoms with van der Waals surface area (Å²) in [5, 5.41) is 5.62. The smallest absolute Gasteiger partial charge is 0.243 e. The average molecular weight is 361 g/mol. The van der Waals surface area contributed by atoms with Crippen molar-refractivity contribution in [2.45, 2.75) is 44.7 Å². The quantitative estimate of drug-likeness (QED) is 0.280. The highest BCUT2D eigenvalue weighted by molar-refractivity contribution is 5.97. The molecule has 8 heteroatoms. The van der Waals surface area contributed by atoms with Crippen molar-refractivity contribution in [1.29, 1.82) is 0 Å². The second kappa shape index (κ2) is 9.65. The zero-order valence-corrected chi connectivity index (χ0v) is 15.0. The highest BCUT2D eigenvalue weighted by Crippen LogP contribution is 2.15. The molecule has 1 aromatic rings. The lowest BCUT2D eigenvalue weighted by atomic mass is 10.00. The molecule has 26 heavy (non-hydrogen) atoms. The minimum atomic E-state index is -0.557. The number of guanidine groups is 1. The van der Waals surface area contributed by atoms with Gasteiger partial charge in [0.15, 0.2) is 5.96 Å². The van der Waals surface area contributed by atoms with E-state index in [9.17, 15) is 9.59 Å². The van der Waals surface area contributed by atoms with Crippen LogP contribution in [0.1, 0.15) is 31.7 Å². The first-order valence-electron chi connectivity index (χ1n) is 8.87. The predicted molar refractivity (Wildman–Crippen MR) is 99.7 cm³/mol. The molecule has 2 amide bonds. The largest absolute Gasteiger partial charge is 0.494 e. The van der Waals surface area contributed by atoms with Crippen molar-refractivity contribution < 1.29 is 14.3 Å². The minimum Gasteiger partial charge on any atom is -0.494 e. The minimum absolute atomic E-state index is 0.0610. The molecule has 0 spiro atoms. The van der Waals surface area contributed by atoms with Crippen LogP contribution in [0.4, 0.5) is 0 Å². The molecule has 1 aliphatic rings. The number of aliphatic imine (C=N–C) groups is 1. The van der Waals surface area contributed by atoms with E-state index in [2.05, 4.69) is 15.6 Å². The number of hydrogen-bond donors (Lipinski definition) is 4. The summed E-state index contributed by atoms with van der Waals surface area (Å²) >= 11 is 0. The number of nitrogens with two attached hydrogens (primary N) is 2. The SMILES string of the molecule is CCOc1ccc(CC2NC(=O)C(CCCCN=C(N)N)NC2=O)cc1. The lowest BCUT2D eigenvalue weighted by molar-refractivity contribution is -0.136. The molecular formula is C18H27N5O3. The molecule has 1 saturated heterocycles. The Hall–Kier alpha value is -2.77. The molecule has 2 atom stereocenters. The van der Waals surface area contributed by atoms with Gasteiger partial charge in [-0.1, -0.05) is 12.1 Å². The van der Waals surface area contributed by atoms with E-state index in [4.69, 9.17) is 16.2 Å². The van der Waals surface area contributed by atoms with Crippen LogP contribution in [-0.4, -0.2) is 43.0 Å². The van der Waals surface area contributed by atoms with Gasteiger partial charge in [0.1, 0.15) is 17.8 Å². The standard InChI is InChI=1S/C18H27N5O3/c1-2-26-13-8-6-12(7-9-13)11-15-17(25)22-14(16(24)23-15)5-3-4-10-21-18(19)20/h6-9,14-15H,2-5,10-11H2,1H3,(H,22,25)(H,23,24)(H4,19,20,21). The Kier molecular flexibility index (Phi) is 7.25. The average Bonchev–Trinajstić information content (AvgIpc) is 2.60. The van der Waals surface area contributed by atoms with Gasteiger partial charge in [-0.15, -0.1) is 0 Å². The molecule has 2 unspecified atom stereocenters. The van der Waals surface area contributed by atoms with Crippen molar-refractivity contribution in [1.82, 2.24) is 10.6 Å². The molecule has 0 radical (unpaired) electrons. The maximum absolute atomic E-state index is 12.3. The van der Waals surface area contributed by atoms with Crippen LogP contribution in [0, 0.1) is 0 Å². The second-order valence-corrected chi connectivity index (χ2v) is 6.21. The summed E-state index contributed by atoms with van der Waals surface area (Å²) in [4.78, 5) is 28.4. The monoisotopic (exact) mass is 361 g/mol. The number of nitrogens with zero attached hydrogens (tertiary/aromatic N) is 1. The molecule has 1 heterocycles. The van der Waals surface area contributed by atoms with Gasteiger partial charge < -0.3 is 26.8 Å². The van der Waals surface area contributed by atoms with Crippen molar-refractivity contribution in [3.63, 3.8) is 0 Å². The lowest BCUT2D eigenvalue weighted by Gasteiger charge is -2.29. The van der Waals surface area contributed by atoms with E-state index in [0.717, 1.165) is 24.2 Å². The summed E-state index contributed by atoms with van der Waals surface area (Å²) in [6.07, 6.45) is 2.51. The molecule has 8 nitrogen and oxygen atoms in total. The Morgan fingerprint density at radius 2 is 1.73 bits per heavy atom. The molecule has 1 aromatic carbocycles. The third-order valence-corrected chi connectivity index (χ3v) is 4.14. The van der Waals surface area contributed by atoms with Gasteiger partial charge in [-0.25, -0.2) is 0 Å². The number of carbonyl (C=O) groups is 2. The number of ether oxygens (including phenoxy) is 1. The molecule has 0 bridgehead atoms. The summed E-state index contributed by atoms with van der Waals surface area (Å²) in [6.45, 7) is 3.05. The lowest BCUT2D eigenvalue weighted by Crippen LogP contribution is -2.62. The van der Waals surface area contributed by atoms with Gasteiger partial charge in [0.05, 0.1) is 6.61 Å². The van der Waals surface area contributed by atoms with Gasteiger partial charge in [0.25, 0.3) is 0 Å². The van der Waals surface area contributed by atoms with Crippen molar-refractivity contribution >= 4 is 17.8 Å². The van der Waals surface area contributed by atoms with Crippen LogP contribution in [-0.2, 0) is 16.0 Å². The number of rotatable bonds is 9. The van der Waals surface area contributed by atoms with Crippen LogP contribution < -0.4 is 26.8 Å². The van der Waals surface area contributed by atoms with Gasteiger partial charge in [-0.05, 0) is 43.9 Å². The van der Waals surface area contributed by atoms with Crippen LogP contribution in [0.25, 0.3) is 0 Å². The molecule has 1 aliphatic heterocycles. The zero-order chi connectivity index (χ0) is 18.9. The third-order valence-electron chi connectivity index (χ3n) is 4.14. The van der Waals surface area contributed by atoms with Crippen LogP contribution in [0.3, 0.4) is 0 Å². The first-order chi connectivity index (χ1) is 12.5. The van der Waals surface area contributed by atoms with Gasteiger partial charge in [0, 0.05) is 13.0 Å². The van der Waals surface area contributed by atoms with Gasteiger partial charge >= 0.3 is 0 Å². The molecule has 0 aliphatic carbocycles. The Balaban J connectivity index is 1.81. The summed E-state index contributed by atoms with van der Waals surface area (Å²) in [5.41, 5.74) is 11.5. The summed E-state index contributed by atoms with van der Waals surface area (Å²) in [6, 6.07) is 6.47. The van der Waals surface area contributed by atoms with Crippen LogP contribution in [0.2, 0.25) is 0 Å². The van der Waals surface area contributed by atoms with Gasteiger partial charge in [0.2, 0.25) is 11.8 Å². The highest BCUT2D eigenvalue weighted by Gasteiger charge is 2.33. The number of benzene rings is 1. The maximum atomic E-state index is 12.3. The van der Waals surface area contributed by atoms with Crippen LogP contribution in [0.5, 0.6) is 5.75 Å². The fraction of sp³-hybridized carbons (Fsp3) is 0.500. The van der Waals surface area contributed by atoms with Crippen molar-refractivity contribution in [3.05, 3.63) is 29.8 Å². The van der Waals surface area contributed by atoms with Crippen LogP contribution in [0.15, 0.2) is 29.3 Å². The molecule has 2 rings (SSSR count). The van der Waals surface area contributed by atoms with Gasteiger partial charge in [-0.2, -0.15) is 0 Å². The highest BCUT2D eigenvalue weighted by atomic mass is 16.5. The zero-order valence-electron chi connectivity index (χ0n) is 15.0. The number of carbonyl (C=O) groups excluding carboxylic acids is 2. The summed E-state index contributed by atoms with van der Waals surface area (Å²) < 4.78 is 5.40. The Bertz CT molecular complexity index is 641. The van der Waals surface area contributed by atoms with E-state index in [1.807, 2.05) is 31.2 Å². The van der Waals surface area contributed by atoms with E-state index < -0.39 is 12.1 Å². The number of amides is 2. The number of hydrogen-bond acceptors (Lipinski definition) is 4. The van der Waals surface area contributed by atoms with Crippen molar-refractivity contribution in [2.24, 2.45) is 16.5 Å². The molecule has 142 valence electrons. The maximum Gasteiger partial charge on any atom is 0.243 e. The summed E-state index contributed by atoms with van der Waals surface area (Å²) in [5.74, 6) is 0.537. The predicted octanol–water partition coefficient (Wildman–Crippen LogP) is 0.0547. The van der Waals surface area contributed by atoms with Crippen LogP contribution >= 0.6 is 0 Å². The van der Waals surface area contributed by atoms with Crippen molar-refractivity contribution in [3.8, 4) is 5.75 Å². The molecule has 0 saturated carbocycles. The first-order valence-corrected chi connectivity index (χ1v) is 8.87. The Labute approximate surface area is 153 Å². The second-order valence-electron chi connectivity index (χ2n) is 6.21. The summed E-state index contributed by atoms with van der Waals surface area (Å²) in [7, 11) is 0. The van der Waals surface area contributed by atoms with Crippen molar-refractivity contribution in [2.75, 3.05) is 13.2 Å². The molecule has 0 aromatic heterocycles. The van der Waals surface area contributed by atoms with E-state index in [1.165, 1.54) is 0 Å². The molecule has 6 N–H and O–H groups in total. The fourth-order valence-corrected chi connectivity index (χ4v) is 2.82. The fourth-order valence-electron chi connectivity index (χ4n) is 2.82. The van der Waals surface area contributed by atoms with E-state index in [1.54, 1.807) is 0 Å². The normalized spacial score (nSPS) is 19.4. The molecular weight excluding hydrogens is 334 g/mol. The van der Waals surface area contributed by atoms with E-state index in [-0.39, 0.29) is 17.8 Å². The number of unbranched alkanes of at least 4 members (excludes halogenated alkanes) is 1.